The Hall–Kier alpha value is -2.07. The monoisotopic (exact) mass is 293 g/mol. The van der Waals surface area contributed by atoms with Gasteiger partial charge in [0, 0.05) is 16.3 Å². The normalized spacial score (nSPS) is 11.8. The molecule has 0 aliphatic heterocycles. The van der Waals surface area contributed by atoms with Crippen molar-refractivity contribution < 1.29 is 13.9 Å². The van der Waals surface area contributed by atoms with Gasteiger partial charge in [-0.15, -0.1) is 0 Å². The lowest BCUT2D eigenvalue weighted by Crippen LogP contribution is -2.23. The molecule has 20 heavy (non-hydrogen) atoms. The highest BCUT2D eigenvalue weighted by Crippen LogP contribution is 2.24. The molecule has 0 aliphatic rings. The van der Waals surface area contributed by atoms with E-state index in [1.165, 1.54) is 19.2 Å². The summed E-state index contributed by atoms with van der Waals surface area (Å²) in [6, 6.07) is 12.0. The van der Waals surface area contributed by atoms with Crippen LogP contribution in [0, 0.1) is 5.82 Å². The van der Waals surface area contributed by atoms with E-state index < -0.39 is 17.8 Å². The van der Waals surface area contributed by atoms with Crippen LogP contribution in [0.15, 0.2) is 48.5 Å². The third-order valence-electron chi connectivity index (χ3n) is 2.79. The smallest absolute Gasteiger partial charge is 0.333 e. The number of rotatable bonds is 4. The summed E-state index contributed by atoms with van der Waals surface area (Å²) in [6.45, 7) is 0. The number of halogens is 2. The van der Waals surface area contributed by atoms with Crippen molar-refractivity contribution in [1.29, 1.82) is 0 Å². The first-order valence-electron chi connectivity index (χ1n) is 5.96. The average Bonchev–Trinajstić information content (AvgIpc) is 2.45. The molecule has 104 valence electrons. The minimum Gasteiger partial charge on any atom is -0.467 e. The topological polar surface area (TPSA) is 38.3 Å². The lowest BCUT2D eigenvalue weighted by Gasteiger charge is -2.18. The maximum absolute atomic E-state index is 13.8. The molecule has 5 heteroatoms. The Balaban J connectivity index is 2.34. The number of benzene rings is 2. The molecule has 2 aromatic rings. The second-order valence-electron chi connectivity index (χ2n) is 4.13. The Kier molecular flexibility index (Phi) is 4.58. The molecule has 2 aromatic carbocycles. The van der Waals surface area contributed by atoms with Crippen molar-refractivity contribution in [1.82, 2.24) is 0 Å². The second-order valence-corrected chi connectivity index (χ2v) is 4.57. The highest BCUT2D eigenvalue weighted by molar-refractivity contribution is 6.30. The van der Waals surface area contributed by atoms with Crippen molar-refractivity contribution in [3.63, 3.8) is 0 Å². The van der Waals surface area contributed by atoms with Gasteiger partial charge in [0.15, 0.2) is 6.04 Å². The molecule has 0 heterocycles. The van der Waals surface area contributed by atoms with Crippen LogP contribution in [-0.4, -0.2) is 13.1 Å². The number of carbonyl (C=O) groups is 1. The summed E-state index contributed by atoms with van der Waals surface area (Å²) < 4.78 is 18.6. The molecular weight excluding hydrogens is 281 g/mol. The average molecular weight is 294 g/mol. The number of hydrogen-bond acceptors (Lipinski definition) is 3. The Morgan fingerprint density at radius 2 is 2.00 bits per heavy atom. The Morgan fingerprint density at radius 3 is 2.65 bits per heavy atom. The van der Waals surface area contributed by atoms with Crippen LogP contribution in [0.25, 0.3) is 0 Å². The van der Waals surface area contributed by atoms with Crippen LogP contribution in [0.2, 0.25) is 5.02 Å². The largest absolute Gasteiger partial charge is 0.467 e. The third kappa shape index (κ3) is 3.27. The molecule has 0 saturated carbocycles. The van der Waals surface area contributed by atoms with E-state index in [1.54, 1.807) is 36.4 Å². The number of anilines is 1. The van der Waals surface area contributed by atoms with Crippen molar-refractivity contribution >= 4 is 23.3 Å². The maximum Gasteiger partial charge on any atom is 0.333 e. The predicted octanol–water partition coefficient (Wildman–Crippen LogP) is 3.81. The first-order chi connectivity index (χ1) is 9.61. The van der Waals surface area contributed by atoms with E-state index in [9.17, 15) is 9.18 Å². The fourth-order valence-corrected chi connectivity index (χ4v) is 2.03. The molecule has 0 aromatic heterocycles. The van der Waals surface area contributed by atoms with Crippen molar-refractivity contribution in [2.24, 2.45) is 0 Å². The van der Waals surface area contributed by atoms with Crippen LogP contribution < -0.4 is 5.32 Å². The zero-order chi connectivity index (χ0) is 14.5. The summed E-state index contributed by atoms with van der Waals surface area (Å²) in [6.07, 6.45) is 0. The van der Waals surface area contributed by atoms with Gasteiger partial charge < -0.3 is 10.1 Å². The maximum atomic E-state index is 13.8. The summed E-state index contributed by atoms with van der Waals surface area (Å²) in [7, 11) is 1.26. The fourth-order valence-electron chi connectivity index (χ4n) is 1.84. The summed E-state index contributed by atoms with van der Waals surface area (Å²) in [5.41, 5.74) is 0.829. The van der Waals surface area contributed by atoms with Crippen LogP contribution in [0.1, 0.15) is 11.6 Å². The highest BCUT2D eigenvalue weighted by atomic mass is 35.5. The van der Waals surface area contributed by atoms with Crippen molar-refractivity contribution in [3.05, 3.63) is 64.9 Å². The van der Waals surface area contributed by atoms with Gasteiger partial charge in [0.05, 0.1) is 7.11 Å². The number of esters is 1. The van der Waals surface area contributed by atoms with Gasteiger partial charge in [0.25, 0.3) is 0 Å². The van der Waals surface area contributed by atoms with E-state index in [4.69, 9.17) is 16.3 Å². The molecule has 0 fully saturated rings. The van der Waals surface area contributed by atoms with Crippen molar-refractivity contribution in [2.75, 3.05) is 12.4 Å². The number of methoxy groups -OCH3 is 1. The lowest BCUT2D eigenvalue weighted by atomic mass is 10.1. The van der Waals surface area contributed by atoms with Gasteiger partial charge in [-0.3, -0.25) is 0 Å². The molecule has 0 bridgehead atoms. The van der Waals surface area contributed by atoms with Gasteiger partial charge in [-0.25, -0.2) is 9.18 Å². The van der Waals surface area contributed by atoms with Crippen LogP contribution in [-0.2, 0) is 9.53 Å². The quantitative estimate of drug-likeness (QED) is 0.871. The van der Waals surface area contributed by atoms with E-state index >= 15 is 0 Å². The number of ether oxygens (including phenoxy) is 1. The van der Waals surface area contributed by atoms with Crippen LogP contribution >= 0.6 is 11.6 Å². The van der Waals surface area contributed by atoms with Gasteiger partial charge in [0.1, 0.15) is 5.82 Å². The molecule has 0 radical (unpaired) electrons. The molecular formula is C15H13ClFNO2. The van der Waals surface area contributed by atoms with Gasteiger partial charge in [-0.05, 0) is 24.3 Å². The minimum atomic E-state index is -0.931. The first-order valence-corrected chi connectivity index (χ1v) is 6.34. The van der Waals surface area contributed by atoms with Crippen LogP contribution in [0.3, 0.4) is 0 Å². The van der Waals surface area contributed by atoms with Gasteiger partial charge in [-0.1, -0.05) is 35.9 Å². The van der Waals surface area contributed by atoms with E-state index in [1.807, 2.05) is 0 Å². The molecule has 0 aliphatic carbocycles. The number of carbonyl (C=O) groups excluding carboxylic acids is 1. The van der Waals surface area contributed by atoms with Gasteiger partial charge in [-0.2, -0.15) is 0 Å². The summed E-state index contributed by atoms with van der Waals surface area (Å²) in [5.74, 6) is -1.05. The molecule has 0 amide bonds. The summed E-state index contributed by atoms with van der Waals surface area (Å²) in [5, 5.41) is 3.45. The van der Waals surface area contributed by atoms with Crippen molar-refractivity contribution in [2.45, 2.75) is 6.04 Å². The number of hydrogen-bond donors (Lipinski definition) is 1. The Labute approximate surface area is 121 Å². The zero-order valence-corrected chi connectivity index (χ0v) is 11.5. The highest BCUT2D eigenvalue weighted by Gasteiger charge is 2.24. The molecule has 0 saturated heterocycles. The second kappa shape index (κ2) is 6.39. The zero-order valence-electron chi connectivity index (χ0n) is 10.8. The molecule has 2 rings (SSSR count). The summed E-state index contributed by atoms with van der Waals surface area (Å²) in [4.78, 5) is 11.9. The van der Waals surface area contributed by atoms with E-state index in [0.29, 0.717) is 10.7 Å². The molecule has 1 atom stereocenters. The first kappa shape index (κ1) is 14.3. The standard InChI is InChI=1S/C15H13ClFNO2/c1-20-15(19)14(12-7-2-3-8-13(12)17)18-11-6-4-5-10(16)9-11/h2-9,14,18H,1H3. The number of nitrogens with one attached hydrogen (secondary N) is 1. The van der Waals surface area contributed by atoms with Gasteiger partial charge in [0.2, 0.25) is 0 Å². The molecule has 3 nitrogen and oxygen atoms in total. The van der Waals surface area contributed by atoms with E-state index in [0.717, 1.165) is 0 Å². The van der Waals surface area contributed by atoms with E-state index in [-0.39, 0.29) is 5.56 Å². The third-order valence-corrected chi connectivity index (χ3v) is 3.02. The van der Waals surface area contributed by atoms with Crippen LogP contribution in [0.5, 0.6) is 0 Å². The predicted molar refractivity (Wildman–Crippen MR) is 76.2 cm³/mol. The SMILES string of the molecule is COC(=O)C(Nc1cccc(Cl)c1)c1ccccc1F. The molecule has 1 unspecified atom stereocenters. The van der Waals surface area contributed by atoms with Crippen molar-refractivity contribution in [3.8, 4) is 0 Å². The fraction of sp³-hybridized carbons (Fsp3) is 0.133. The van der Waals surface area contributed by atoms with E-state index in [2.05, 4.69) is 5.32 Å². The van der Waals surface area contributed by atoms with Gasteiger partial charge >= 0.3 is 5.97 Å². The minimum absolute atomic E-state index is 0.222. The Bertz CT molecular complexity index is 618. The molecule has 0 spiro atoms. The van der Waals surface area contributed by atoms with Crippen LogP contribution in [0.4, 0.5) is 10.1 Å². The summed E-state index contributed by atoms with van der Waals surface area (Å²) >= 11 is 5.89. The lowest BCUT2D eigenvalue weighted by molar-refractivity contribution is -0.141. The molecule has 1 N–H and O–H groups in total. The Morgan fingerprint density at radius 1 is 1.25 bits per heavy atom.